The van der Waals surface area contributed by atoms with Crippen LogP contribution in [-0.2, 0) is 4.79 Å². The average molecular weight is 201 g/mol. The highest BCUT2D eigenvalue weighted by molar-refractivity contribution is 6.09. The highest BCUT2D eigenvalue weighted by Gasteiger charge is 2.02. The molecule has 76 valence electrons. The monoisotopic (exact) mass is 201 g/mol. The second kappa shape index (κ2) is 5.49. The van der Waals surface area contributed by atoms with Crippen molar-refractivity contribution in [3.63, 3.8) is 0 Å². The molecule has 0 saturated carbocycles. The minimum Gasteiger partial charge on any atom is -0.404 e. The lowest BCUT2D eigenvalue weighted by Gasteiger charge is -2.04. The lowest BCUT2D eigenvalue weighted by Crippen LogP contribution is -1.94. The predicted molar refractivity (Wildman–Crippen MR) is 60.3 cm³/mol. The quantitative estimate of drug-likeness (QED) is 0.437. The maximum atomic E-state index is 10.2. The molecule has 0 saturated heterocycles. The van der Waals surface area contributed by atoms with E-state index in [4.69, 9.17) is 11.1 Å². The molecular formula is C11H11N3O. The van der Waals surface area contributed by atoms with E-state index in [0.717, 1.165) is 17.3 Å². The molecule has 0 unspecified atom stereocenters. The van der Waals surface area contributed by atoms with Gasteiger partial charge < -0.3 is 11.1 Å². The number of nitrogens with zero attached hydrogens (tertiary/aromatic N) is 1. The van der Waals surface area contributed by atoms with Crippen molar-refractivity contribution in [3.8, 4) is 0 Å². The first-order chi connectivity index (χ1) is 7.33. The smallest absolute Gasteiger partial charge is 0.142 e. The van der Waals surface area contributed by atoms with E-state index in [9.17, 15) is 4.79 Å². The van der Waals surface area contributed by atoms with Gasteiger partial charge in [-0.05, 0) is 23.8 Å². The standard InChI is InChI=1S/C11H11N3O/c12-6-10(7-13)11-3-4-14-8-9(11)2-1-5-15/h1-8,12H,13H2/b2-1+,10-7?,12-6?. The Balaban J connectivity index is 3.22. The van der Waals surface area contributed by atoms with Crippen molar-refractivity contribution in [2.45, 2.75) is 0 Å². The van der Waals surface area contributed by atoms with Crippen LogP contribution in [0.3, 0.4) is 0 Å². The summed E-state index contributed by atoms with van der Waals surface area (Å²) < 4.78 is 0. The van der Waals surface area contributed by atoms with Crippen LogP contribution in [0.4, 0.5) is 0 Å². The largest absolute Gasteiger partial charge is 0.404 e. The van der Waals surface area contributed by atoms with Crippen molar-refractivity contribution in [3.05, 3.63) is 41.9 Å². The van der Waals surface area contributed by atoms with Crippen molar-refractivity contribution >= 4 is 24.1 Å². The van der Waals surface area contributed by atoms with E-state index in [-0.39, 0.29) is 0 Å². The Labute approximate surface area is 87.6 Å². The molecule has 0 amide bonds. The molecule has 1 aromatic rings. The Morgan fingerprint density at radius 1 is 1.53 bits per heavy atom. The van der Waals surface area contributed by atoms with Gasteiger partial charge in [0.25, 0.3) is 0 Å². The molecule has 0 aliphatic rings. The Morgan fingerprint density at radius 3 is 2.93 bits per heavy atom. The fourth-order valence-corrected chi connectivity index (χ4v) is 1.16. The van der Waals surface area contributed by atoms with E-state index in [1.807, 2.05) is 0 Å². The van der Waals surface area contributed by atoms with Gasteiger partial charge in [0.2, 0.25) is 0 Å². The van der Waals surface area contributed by atoms with Gasteiger partial charge in [0.15, 0.2) is 0 Å². The molecular weight excluding hydrogens is 190 g/mol. The molecule has 1 rings (SSSR count). The van der Waals surface area contributed by atoms with Crippen LogP contribution < -0.4 is 5.73 Å². The zero-order chi connectivity index (χ0) is 11.1. The van der Waals surface area contributed by atoms with Crippen molar-refractivity contribution in [2.75, 3.05) is 0 Å². The minimum absolute atomic E-state index is 0.586. The van der Waals surface area contributed by atoms with Crippen LogP contribution in [0.5, 0.6) is 0 Å². The number of nitrogens with two attached hydrogens (primary N) is 1. The van der Waals surface area contributed by atoms with Crippen molar-refractivity contribution < 1.29 is 4.79 Å². The summed E-state index contributed by atoms with van der Waals surface area (Å²) in [5.41, 5.74) is 7.50. The molecule has 0 radical (unpaired) electrons. The first-order valence-electron chi connectivity index (χ1n) is 4.32. The van der Waals surface area contributed by atoms with Gasteiger partial charge in [-0.2, -0.15) is 0 Å². The van der Waals surface area contributed by atoms with E-state index in [2.05, 4.69) is 4.98 Å². The molecule has 0 aliphatic carbocycles. The molecule has 0 spiro atoms. The van der Waals surface area contributed by atoms with Gasteiger partial charge in [-0.25, -0.2) is 0 Å². The normalized spacial score (nSPS) is 11.6. The Hall–Kier alpha value is -2.23. The molecule has 3 N–H and O–H groups in total. The summed E-state index contributed by atoms with van der Waals surface area (Å²) in [6, 6.07) is 1.74. The number of aldehydes is 1. The summed E-state index contributed by atoms with van der Waals surface area (Å²) in [6.07, 6.45) is 9.42. The van der Waals surface area contributed by atoms with Gasteiger partial charge in [0.1, 0.15) is 6.29 Å². The van der Waals surface area contributed by atoms with Crippen LogP contribution in [0, 0.1) is 5.41 Å². The highest BCUT2D eigenvalue weighted by Crippen LogP contribution is 2.16. The second-order valence-corrected chi connectivity index (χ2v) is 2.72. The number of nitrogens with one attached hydrogen (secondary N) is 1. The topological polar surface area (TPSA) is 79.8 Å². The SMILES string of the molecule is N=CC(=CN)c1ccncc1/C=C/C=O. The summed E-state index contributed by atoms with van der Waals surface area (Å²) in [5, 5.41) is 7.18. The number of hydrogen-bond donors (Lipinski definition) is 2. The van der Waals surface area contributed by atoms with E-state index < -0.39 is 0 Å². The second-order valence-electron chi connectivity index (χ2n) is 2.72. The van der Waals surface area contributed by atoms with Gasteiger partial charge in [-0.3, -0.25) is 9.78 Å². The summed E-state index contributed by atoms with van der Waals surface area (Å²) in [6.45, 7) is 0. The van der Waals surface area contributed by atoms with E-state index in [1.165, 1.54) is 12.3 Å². The van der Waals surface area contributed by atoms with Gasteiger partial charge in [-0.1, -0.05) is 0 Å². The summed E-state index contributed by atoms with van der Waals surface area (Å²) in [4.78, 5) is 14.1. The predicted octanol–water partition coefficient (Wildman–Crippen LogP) is 1.24. The fraction of sp³-hybridized carbons (Fsp3) is 0. The van der Waals surface area contributed by atoms with Crippen molar-refractivity contribution in [2.24, 2.45) is 5.73 Å². The number of carbonyl (C=O) groups is 1. The molecule has 4 nitrogen and oxygen atoms in total. The minimum atomic E-state index is 0.586. The third kappa shape index (κ3) is 2.60. The Morgan fingerprint density at radius 2 is 2.33 bits per heavy atom. The number of allylic oxidation sites excluding steroid dienone is 2. The lowest BCUT2D eigenvalue weighted by atomic mass is 10.0. The maximum Gasteiger partial charge on any atom is 0.142 e. The average Bonchev–Trinajstić information content (AvgIpc) is 2.29. The number of hydrogen-bond acceptors (Lipinski definition) is 4. The number of carbonyl (C=O) groups excluding carboxylic acids is 1. The van der Waals surface area contributed by atoms with Crippen LogP contribution in [0.2, 0.25) is 0 Å². The van der Waals surface area contributed by atoms with Crippen LogP contribution >= 0.6 is 0 Å². The molecule has 1 aromatic heterocycles. The van der Waals surface area contributed by atoms with E-state index in [0.29, 0.717) is 11.9 Å². The molecule has 15 heavy (non-hydrogen) atoms. The first-order valence-corrected chi connectivity index (χ1v) is 4.32. The number of rotatable bonds is 4. The number of pyridine rings is 1. The number of aromatic nitrogens is 1. The molecule has 0 aromatic carbocycles. The molecule has 0 fully saturated rings. The third-order valence-electron chi connectivity index (χ3n) is 1.85. The van der Waals surface area contributed by atoms with Crippen molar-refractivity contribution in [1.29, 1.82) is 5.41 Å². The molecule has 0 aliphatic heterocycles. The van der Waals surface area contributed by atoms with Gasteiger partial charge in [0.05, 0.1) is 0 Å². The molecule has 4 heteroatoms. The van der Waals surface area contributed by atoms with Crippen LogP contribution in [0.25, 0.3) is 11.6 Å². The first kappa shape index (κ1) is 10.8. The molecule has 0 bridgehead atoms. The summed E-state index contributed by atoms with van der Waals surface area (Å²) >= 11 is 0. The van der Waals surface area contributed by atoms with E-state index >= 15 is 0 Å². The fourth-order valence-electron chi connectivity index (χ4n) is 1.16. The Bertz CT molecular complexity index is 422. The summed E-state index contributed by atoms with van der Waals surface area (Å²) in [7, 11) is 0. The van der Waals surface area contributed by atoms with Crippen LogP contribution in [0.15, 0.2) is 30.7 Å². The van der Waals surface area contributed by atoms with E-state index in [1.54, 1.807) is 24.5 Å². The van der Waals surface area contributed by atoms with Gasteiger partial charge in [0, 0.05) is 35.9 Å². The molecule has 0 atom stereocenters. The maximum absolute atomic E-state index is 10.2. The zero-order valence-corrected chi connectivity index (χ0v) is 8.05. The van der Waals surface area contributed by atoms with Gasteiger partial charge >= 0.3 is 0 Å². The highest BCUT2D eigenvalue weighted by atomic mass is 16.1. The van der Waals surface area contributed by atoms with Crippen molar-refractivity contribution in [1.82, 2.24) is 4.98 Å². The third-order valence-corrected chi connectivity index (χ3v) is 1.85. The molecule has 1 heterocycles. The lowest BCUT2D eigenvalue weighted by molar-refractivity contribution is -0.104. The van der Waals surface area contributed by atoms with Crippen LogP contribution in [0.1, 0.15) is 11.1 Å². The van der Waals surface area contributed by atoms with Gasteiger partial charge in [-0.15, -0.1) is 0 Å². The summed E-state index contributed by atoms with van der Waals surface area (Å²) in [5.74, 6) is 0. The van der Waals surface area contributed by atoms with Crippen LogP contribution in [-0.4, -0.2) is 17.5 Å². The zero-order valence-electron chi connectivity index (χ0n) is 8.05. The Kier molecular flexibility index (Phi) is 3.97.